The Hall–Kier alpha value is -3.80. The Labute approximate surface area is 281 Å². The molecule has 0 aliphatic heterocycles. The van der Waals surface area contributed by atoms with Crippen LogP contribution in [0.2, 0.25) is 0 Å². The Morgan fingerprint density at radius 1 is 0.500 bits per heavy atom. The van der Waals surface area contributed by atoms with Crippen molar-refractivity contribution in [3.63, 3.8) is 0 Å². The molecular formula is C40H64N4O2. The van der Waals surface area contributed by atoms with E-state index in [1.807, 2.05) is 173 Å². The summed E-state index contributed by atoms with van der Waals surface area (Å²) in [6.45, 7) is 35.7. The van der Waals surface area contributed by atoms with Crippen LogP contribution in [0.4, 0.5) is 0 Å². The zero-order valence-electron chi connectivity index (χ0n) is 32.3. The number of nitrogens with zero attached hydrogens (tertiary/aromatic N) is 2. The average molecular weight is 633 g/mol. The SMILES string of the molecule is CC.CC.CC.CC.Cc1nc2ccccc2c(C(=O)NC(C)(C)C)c1C.Cc1nc2ccccc2c(C(=O)NC(C)(C)C)c1C. The highest BCUT2D eigenvalue weighted by Crippen LogP contribution is 2.24. The summed E-state index contributed by atoms with van der Waals surface area (Å²) in [6.07, 6.45) is 0. The van der Waals surface area contributed by atoms with Crippen LogP contribution in [0.1, 0.15) is 140 Å². The number of amides is 2. The molecule has 0 unspecified atom stereocenters. The fourth-order valence-electron chi connectivity index (χ4n) is 4.25. The number of hydrogen-bond donors (Lipinski definition) is 2. The maximum absolute atomic E-state index is 12.5. The molecule has 2 aromatic carbocycles. The van der Waals surface area contributed by atoms with Crippen LogP contribution < -0.4 is 10.6 Å². The number of rotatable bonds is 2. The normalized spacial score (nSPS) is 10.1. The van der Waals surface area contributed by atoms with Gasteiger partial charge in [0, 0.05) is 33.2 Å². The van der Waals surface area contributed by atoms with Gasteiger partial charge in [0.25, 0.3) is 11.8 Å². The lowest BCUT2D eigenvalue weighted by Crippen LogP contribution is -2.41. The number of aromatic nitrogens is 2. The van der Waals surface area contributed by atoms with Gasteiger partial charge in [-0.1, -0.05) is 91.8 Å². The molecule has 0 spiro atoms. The minimum absolute atomic E-state index is 0.0355. The largest absolute Gasteiger partial charge is 0.347 e. The van der Waals surface area contributed by atoms with Crippen molar-refractivity contribution in [2.45, 2.75) is 136 Å². The molecule has 0 atom stereocenters. The number of nitrogens with one attached hydrogen (secondary N) is 2. The summed E-state index contributed by atoms with van der Waals surface area (Å²) in [5, 5.41) is 7.88. The second kappa shape index (κ2) is 21.1. The van der Waals surface area contributed by atoms with Gasteiger partial charge in [-0.05, 0) is 92.5 Å². The van der Waals surface area contributed by atoms with Crippen LogP contribution in [0.3, 0.4) is 0 Å². The van der Waals surface area contributed by atoms with Crippen molar-refractivity contribution in [1.82, 2.24) is 20.6 Å². The fraction of sp³-hybridized carbons (Fsp3) is 0.500. The number of fused-ring (bicyclic) bond motifs is 2. The molecule has 2 aromatic heterocycles. The first-order valence-electron chi connectivity index (χ1n) is 17.0. The number of carbonyl (C=O) groups excluding carboxylic acids is 2. The molecule has 0 aliphatic carbocycles. The first kappa shape index (κ1) is 44.3. The van der Waals surface area contributed by atoms with Gasteiger partial charge in [-0.3, -0.25) is 19.6 Å². The summed E-state index contributed by atoms with van der Waals surface area (Å²) < 4.78 is 0. The number of para-hydroxylation sites is 2. The Morgan fingerprint density at radius 3 is 1.02 bits per heavy atom. The van der Waals surface area contributed by atoms with E-state index in [9.17, 15) is 9.59 Å². The van der Waals surface area contributed by atoms with Crippen molar-refractivity contribution >= 4 is 33.6 Å². The highest BCUT2D eigenvalue weighted by Gasteiger charge is 2.22. The predicted octanol–water partition coefficient (Wildman–Crippen LogP) is 10.9. The second-order valence-electron chi connectivity index (χ2n) is 11.8. The molecule has 0 bridgehead atoms. The molecular weight excluding hydrogens is 568 g/mol. The van der Waals surface area contributed by atoms with Crippen molar-refractivity contribution in [3.8, 4) is 0 Å². The molecule has 0 aliphatic rings. The van der Waals surface area contributed by atoms with E-state index in [2.05, 4.69) is 20.6 Å². The maximum atomic E-state index is 12.5. The smallest absolute Gasteiger partial charge is 0.252 e. The number of carbonyl (C=O) groups is 2. The Morgan fingerprint density at radius 2 is 0.761 bits per heavy atom. The van der Waals surface area contributed by atoms with Crippen LogP contribution in [0.25, 0.3) is 21.8 Å². The lowest BCUT2D eigenvalue weighted by Gasteiger charge is -2.22. The third-order valence-electron chi connectivity index (χ3n) is 6.19. The lowest BCUT2D eigenvalue weighted by atomic mass is 9.99. The summed E-state index contributed by atoms with van der Waals surface area (Å²) in [6, 6.07) is 15.5. The number of benzene rings is 2. The maximum Gasteiger partial charge on any atom is 0.252 e. The van der Waals surface area contributed by atoms with Gasteiger partial charge in [0.05, 0.1) is 22.2 Å². The number of pyridine rings is 2. The number of aryl methyl sites for hydroxylation is 2. The molecule has 0 radical (unpaired) electrons. The van der Waals surface area contributed by atoms with Gasteiger partial charge in [0.15, 0.2) is 0 Å². The average Bonchev–Trinajstić information content (AvgIpc) is 3.01. The van der Waals surface area contributed by atoms with E-state index in [1.54, 1.807) is 0 Å². The molecule has 4 aromatic rings. The second-order valence-corrected chi connectivity index (χ2v) is 11.8. The van der Waals surface area contributed by atoms with E-state index in [-0.39, 0.29) is 22.9 Å². The summed E-state index contributed by atoms with van der Waals surface area (Å²) in [4.78, 5) is 34.1. The zero-order chi connectivity index (χ0) is 36.4. The highest BCUT2D eigenvalue weighted by atomic mass is 16.2. The molecule has 256 valence electrons. The van der Waals surface area contributed by atoms with E-state index >= 15 is 0 Å². The number of hydrogen-bond acceptors (Lipinski definition) is 4. The highest BCUT2D eigenvalue weighted by molar-refractivity contribution is 6.08. The van der Waals surface area contributed by atoms with E-state index in [0.717, 1.165) is 55.4 Å². The van der Waals surface area contributed by atoms with E-state index in [0.29, 0.717) is 0 Å². The van der Waals surface area contributed by atoms with Crippen molar-refractivity contribution in [2.75, 3.05) is 0 Å². The van der Waals surface area contributed by atoms with Gasteiger partial charge < -0.3 is 10.6 Å². The van der Waals surface area contributed by atoms with Crippen LogP contribution >= 0.6 is 0 Å². The van der Waals surface area contributed by atoms with E-state index in [1.165, 1.54) is 0 Å². The van der Waals surface area contributed by atoms with Gasteiger partial charge in [0.1, 0.15) is 0 Å². The van der Waals surface area contributed by atoms with Gasteiger partial charge in [0.2, 0.25) is 0 Å². The monoisotopic (exact) mass is 633 g/mol. The van der Waals surface area contributed by atoms with Crippen LogP contribution in [0.5, 0.6) is 0 Å². The summed E-state index contributed by atoms with van der Waals surface area (Å²) in [5.74, 6) is -0.0709. The van der Waals surface area contributed by atoms with Crippen LogP contribution in [0.15, 0.2) is 48.5 Å². The van der Waals surface area contributed by atoms with Gasteiger partial charge >= 0.3 is 0 Å². The quantitative estimate of drug-likeness (QED) is 0.230. The Balaban J connectivity index is 0. The Kier molecular flexibility index (Phi) is 20.3. The third-order valence-corrected chi connectivity index (χ3v) is 6.19. The molecule has 2 heterocycles. The molecule has 0 fully saturated rings. The lowest BCUT2D eigenvalue weighted by molar-refractivity contribution is 0.0911. The van der Waals surface area contributed by atoms with Gasteiger partial charge in [-0.25, -0.2) is 0 Å². The summed E-state index contributed by atoms with van der Waals surface area (Å²) in [7, 11) is 0. The van der Waals surface area contributed by atoms with Crippen molar-refractivity contribution in [2.24, 2.45) is 0 Å². The van der Waals surface area contributed by atoms with Gasteiger partial charge in [-0.15, -0.1) is 0 Å². The summed E-state index contributed by atoms with van der Waals surface area (Å²) in [5.41, 5.74) is 6.39. The minimum Gasteiger partial charge on any atom is -0.347 e. The molecule has 2 N–H and O–H groups in total. The topological polar surface area (TPSA) is 84.0 Å². The zero-order valence-corrected chi connectivity index (χ0v) is 32.3. The van der Waals surface area contributed by atoms with E-state index < -0.39 is 0 Å². The van der Waals surface area contributed by atoms with Gasteiger partial charge in [-0.2, -0.15) is 0 Å². The van der Waals surface area contributed by atoms with Crippen molar-refractivity contribution in [1.29, 1.82) is 0 Å². The third kappa shape index (κ3) is 13.3. The van der Waals surface area contributed by atoms with Crippen LogP contribution in [0, 0.1) is 27.7 Å². The van der Waals surface area contributed by atoms with Crippen molar-refractivity contribution in [3.05, 3.63) is 82.2 Å². The minimum atomic E-state index is -0.248. The molecule has 0 saturated carbocycles. The van der Waals surface area contributed by atoms with Crippen LogP contribution in [-0.4, -0.2) is 32.9 Å². The summed E-state index contributed by atoms with van der Waals surface area (Å²) >= 11 is 0. The molecule has 2 amide bonds. The molecule has 0 saturated heterocycles. The van der Waals surface area contributed by atoms with Crippen molar-refractivity contribution < 1.29 is 9.59 Å². The molecule has 6 nitrogen and oxygen atoms in total. The first-order chi connectivity index (χ1) is 21.6. The van der Waals surface area contributed by atoms with Crippen LogP contribution in [-0.2, 0) is 0 Å². The standard InChI is InChI=1S/2C16H20N2O.4C2H6/c2*1-10-11(2)17-13-9-7-6-8-12(13)14(10)15(19)18-16(3,4)5;4*1-2/h2*6-9H,1-5H3,(H,18,19);4*1-2H3. The molecule has 4 rings (SSSR count). The van der Waals surface area contributed by atoms with E-state index in [4.69, 9.17) is 0 Å². The predicted molar refractivity (Wildman–Crippen MR) is 202 cm³/mol. The molecule has 6 heteroatoms. The first-order valence-corrected chi connectivity index (χ1v) is 17.0. The molecule has 46 heavy (non-hydrogen) atoms. The fourth-order valence-corrected chi connectivity index (χ4v) is 4.25. The Bertz CT molecular complexity index is 1390.